The van der Waals surface area contributed by atoms with E-state index in [9.17, 15) is 4.79 Å². The van der Waals surface area contributed by atoms with Crippen molar-refractivity contribution >= 4 is 34.9 Å². The maximum absolute atomic E-state index is 11.0. The molecule has 1 aromatic rings. The first-order chi connectivity index (χ1) is 7.97. The summed E-state index contributed by atoms with van der Waals surface area (Å²) in [6, 6.07) is 2.48. The predicted molar refractivity (Wildman–Crippen MR) is 69.7 cm³/mol. The Morgan fingerprint density at radius 2 is 2.18 bits per heavy atom. The smallest absolute Gasteiger partial charge is 0.321 e. The molecule has 0 saturated heterocycles. The van der Waals surface area contributed by atoms with Gasteiger partial charge in [-0.25, -0.2) is 0 Å². The minimum Gasteiger partial charge on any atom is -0.480 e. The molecule has 94 valence electrons. The van der Waals surface area contributed by atoms with Gasteiger partial charge in [-0.3, -0.25) is 4.79 Å². The summed E-state index contributed by atoms with van der Waals surface area (Å²) in [6.45, 7) is 2.38. The van der Waals surface area contributed by atoms with Crippen molar-refractivity contribution in [1.82, 2.24) is 5.32 Å². The van der Waals surface area contributed by atoms with Gasteiger partial charge in [0.15, 0.2) is 0 Å². The number of hydrogen-bond acceptors (Lipinski definition) is 3. The fourth-order valence-corrected chi connectivity index (χ4v) is 1.94. The number of hydrogen-bond donors (Lipinski definition) is 3. The van der Waals surface area contributed by atoms with E-state index in [1.807, 2.05) is 6.92 Å². The molecular weight excluding hydrogens is 263 g/mol. The molecule has 1 rings (SSSR count). The molecule has 0 unspecified atom stereocenters. The molecule has 0 aliphatic rings. The molecule has 1 aromatic carbocycles. The third-order valence-corrected chi connectivity index (χ3v) is 3.23. The molecule has 6 heteroatoms. The Balaban J connectivity index is 3.00. The zero-order chi connectivity index (χ0) is 13.0. The number of benzene rings is 1. The van der Waals surface area contributed by atoms with Crippen molar-refractivity contribution in [2.24, 2.45) is 0 Å². The normalized spacial score (nSPS) is 12.4. The highest BCUT2D eigenvalue weighted by Crippen LogP contribution is 2.30. The second-order valence-electron chi connectivity index (χ2n) is 3.58. The van der Waals surface area contributed by atoms with Crippen LogP contribution in [0.1, 0.15) is 12.5 Å². The van der Waals surface area contributed by atoms with Crippen molar-refractivity contribution in [2.45, 2.75) is 19.4 Å². The lowest BCUT2D eigenvalue weighted by atomic mass is 10.0. The molecule has 1 atom stereocenters. The topological polar surface area (TPSA) is 75.3 Å². The summed E-state index contributed by atoms with van der Waals surface area (Å²) in [5.74, 6) is -0.942. The molecule has 0 amide bonds. The van der Waals surface area contributed by atoms with E-state index in [0.29, 0.717) is 27.8 Å². The highest BCUT2D eigenvalue weighted by molar-refractivity contribution is 6.42. The third kappa shape index (κ3) is 3.49. The first kappa shape index (κ1) is 14.1. The fourth-order valence-electron chi connectivity index (χ4n) is 1.51. The number of likely N-dealkylation sites (N-methyl/N-ethyl adjacent to an activating group) is 1. The predicted octanol–water partition coefficient (Wildman–Crippen LogP) is 2.18. The molecule has 0 aliphatic heterocycles. The van der Waals surface area contributed by atoms with Crippen LogP contribution in [-0.2, 0) is 11.2 Å². The van der Waals surface area contributed by atoms with Crippen LogP contribution in [0.25, 0.3) is 0 Å². The van der Waals surface area contributed by atoms with E-state index in [4.69, 9.17) is 34.0 Å². The molecule has 17 heavy (non-hydrogen) atoms. The van der Waals surface area contributed by atoms with E-state index in [2.05, 4.69) is 5.32 Å². The molecule has 0 radical (unpaired) electrons. The Labute approximate surface area is 110 Å². The first-order valence-electron chi connectivity index (χ1n) is 5.15. The minimum atomic E-state index is -0.942. The van der Waals surface area contributed by atoms with Gasteiger partial charge in [0.05, 0.1) is 10.0 Å². The monoisotopic (exact) mass is 276 g/mol. The summed E-state index contributed by atoms with van der Waals surface area (Å²) in [4.78, 5) is 11.0. The molecule has 0 aliphatic carbocycles. The molecule has 0 aromatic heterocycles. The Morgan fingerprint density at radius 3 is 2.71 bits per heavy atom. The van der Waals surface area contributed by atoms with Gasteiger partial charge in [0.2, 0.25) is 0 Å². The standard InChI is InChI=1S/C11H14Cl2N2O2/c1-2-15-9(11(16)17)5-6-8(14)4-3-7(12)10(6)13/h3-4,9,15H,2,5,14H2,1H3,(H,16,17)/t9-/m0/s1. The number of carbonyl (C=O) groups is 1. The summed E-state index contributed by atoms with van der Waals surface area (Å²) >= 11 is 11.9. The number of carboxylic acid groups (broad SMARTS) is 1. The van der Waals surface area contributed by atoms with Crippen LogP contribution < -0.4 is 11.1 Å². The van der Waals surface area contributed by atoms with E-state index in [1.165, 1.54) is 0 Å². The number of aliphatic carboxylic acids is 1. The molecule has 0 fully saturated rings. The molecular formula is C11H14Cl2N2O2. The summed E-state index contributed by atoms with van der Waals surface area (Å²) in [5, 5.41) is 12.6. The molecule has 0 heterocycles. The van der Waals surface area contributed by atoms with E-state index in [0.717, 1.165) is 0 Å². The van der Waals surface area contributed by atoms with Crippen molar-refractivity contribution in [3.8, 4) is 0 Å². The van der Waals surface area contributed by atoms with Crippen molar-refractivity contribution < 1.29 is 9.90 Å². The molecule has 4 N–H and O–H groups in total. The van der Waals surface area contributed by atoms with Crippen molar-refractivity contribution in [3.05, 3.63) is 27.7 Å². The van der Waals surface area contributed by atoms with E-state index in [1.54, 1.807) is 12.1 Å². The van der Waals surface area contributed by atoms with Gasteiger partial charge < -0.3 is 16.2 Å². The summed E-state index contributed by atoms with van der Waals surface area (Å²) in [5.41, 5.74) is 6.78. The second kappa shape index (κ2) is 6.10. The Kier molecular flexibility index (Phi) is 5.05. The summed E-state index contributed by atoms with van der Waals surface area (Å²) in [7, 11) is 0. The quantitative estimate of drug-likeness (QED) is 0.721. The van der Waals surface area contributed by atoms with Crippen molar-refractivity contribution in [1.29, 1.82) is 0 Å². The number of nitrogens with two attached hydrogens (primary N) is 1. The average molecular weight is 277 g/mol. The SMILES string of the molecule is CCN[C@@H](Cc1c(N)ccc(Cl)c1Cl)C(=O)O. The van der Waals surface area contributed by atoms with Gasteiger partial charge in [-0.05, 0) is 24.2 Å². The number of nitrogen functional groups attached to an aromatic ring is 1. The van der Waals surface area contributed by atoms with E-state index < -0.39 is 12.0 Å². The van der Waals surface area contributed by atoms with Crippen LogP contribution in [0.2, 0.25) is 10.0 Å². The third-order valence-electron chi connectivity index (χ3n) is 2.39. The Bertz CT molecular complexity index is 424. The highest BCUT2D eigenvalue weighted by Gasteiger charge is 2.20. The van der Waals surface area contributed by atoms with Gasteiger partial charge in [0, 0.05) is 12.1 Å². The largest absolute Gasteiger partial charge is 0.480 e. The van der Waals surface area contributed by atoms with Crippen molar-refractivity contribution in [2.75, 3.05) is 12.3 Å². The number of rotatable bonds is 5. The van der Waals surface area contributed by atoms with Crippen LogP contribution in [0.15, 0.2) is 12.1 Å². The maximum atomic E-state index is 11.0. The Morgan fingerprint density at radius 1 is 1.53 bits per heavy atom. The van der Waals surface area contributed by atoms with Crippen molar-refractivity contribution in [3.63, 3.8) is 0 Å². The molecule has 0 spiro atoms. The van der Waals surface area contributed by atoms with Gasteiger partial charge in [0.1, 0.15) is 6.04 Å². The number of anilines is 1. The van der Waals surface area contributed by atoms with Gasteiger partial charge in [-0.15, -0.1) is 0 Å². The van der Waals surface area contributed by atoms with Crippen LogP contribution in [-0.4, -0.2) is 23.7 Å². The lowest BCUT2D eigenvalue weighted by Gasteiger charge is -2.16. The number of carboxylic acids is 1. The minimum absolute atomic E-state index is 0.203. The zero-order valence-corrected chi connectivity index (χ0v) is 10.8. The fraction of sp³-hybridized carbons (Fsp3) is 0.364. The van der Waals surface area contributed by atoms with Crippen LogP contribution in [0, 0.1) is 0 Å². The lowest BCUT2D eigenvalue weighted by Crippen LogP contribution is -2.38. The first-order valence-corrected chi connectivity index (χ1v) is 5.91. The lowest BCUT2D eigenvalue weighted by molar-refractivity contribution is -0.139. The van der Waals surface area contributed by atoms with Gasteiger partial charge in [-0.1, -0.05) is 30.1 Å². The van der Waals surface area contributed by atoms with Gasteiger partial charge >= 0.3 is 5.97 Å². The molecule has 4 nitrogen and oxygen atoms in total. The van der Waals surface area contributed by atoms with Gasteiger partial charge in [-0.2, -0.15) is 0 Å². The summed E-state index contributed by atoms with van der Waals surface area (Å²) < 4.78 is 0. The Hall–Kier alpha value is -0.970. The highest BCUT2D eigenvalue weighted by atomic mass is 35.5. The summed E-state index contributed by atoms with van der Waals surface area (Å²) in [6.07, 6.45) is 0.203. The van der Waals surface area contributed by atoms with Crippen LogP contribution >= 0.6 is 23.2 Å². The molecule has 0 saturated carbocycles. The second-order valence-corrected chi connectivity index (χ2v) is 4.37. The van der Waals surface area contributed by atoms with Crippen LogP contribution in [0.5, 0.6) is 0 Å². The number of halogens is 2. The van der Waals surface area contributed by atoms with Gasteiger partial charge in [0.25, 0.3) is 0 Å². The van der Waals surface area contributed by atoms with Crippen LogP contribution in [0.3, 0.4) is 0 Å². The molecule has 0 bridgehead atoms. The maximum Gasteiger partial charge on any atom is 0.321 e. The zero-order valence-electron chi connectivity index (χ0n) is 9.34. The van der Waals surface area contributed by atoms with E-state index >= 15 is 0 Å². The number of nitrogens with one attached hydrogen (secondary N) is 1. The van der Waals surface area contributed by atoms with E-state index in [-0.39, 0.29) is 6.42 Å². The average Bonchev–Trinajstić information content (AvgIpc) is 2.28. The van der Waals surface area contributed by atoms with Crippen LogP contribution in [0.4, 0.5) is 5.69 Å².